The maximum atomic E-state index is 3.97. The van der Waals surface area contributed by atoms with Gasteiger partial charge in [-0.15, -0.1) is 10.2 Å². The molecular weight excluding hydrogens is 140 g/mol. The molecule has 1 heterocycles. The topological polar surface area (TPSA) is 42.7 Å². The molecule has 4 heteroatoms. The van der Waals surface area contributed by atoms with Gasteiger partial charge in [0.2, 0.25) is 0 Å². The zero-order chi connectivity index (χ0) is 7.68. The summed E-state index contributed by atoms with van der Waals surface area (Å²) in [6.07, 6.45) is 4.36. The van der Waals surface area contributed by atoms with Crippen molar-refractivity contribution < 1.29 is 0 Å². The molecule has 0 radical (unpaired) electrons. The first kappa shape index (κ1) is 6.79. The maximum Gasteiger partial charge on any atom is 0.146 e. The maximum absolute atomic E-state index is 3.97. The largest absolute Gasteiger partial charge is 0.320 e. The van der Waals surface area contributed by atoms with Gasteiger partial charge in [-0.2, -0.15) is 0 Å². The van der Waals surface area contributed by atoms with Crippen LogP contribution in [0.5, 0.6) is 0 Å². The predicted octanol–water partition coefficient (Wildman–Crippen LogP) is 0.0671. The van der Waals surface area contributed by atoms with E-state index in [1.54, 1.807) is 6.33 Å². The van der Waals surface area contributed by atoms with Crippen molar-refractivity contribution in [1.82, 2.24) is 20.1 Å². The molecule has 1 aliphatic rings. The molecule has 0 amide bonds. The molecule has 0 saturated heterocycles. The smallest absolute Gasteiger partial charge is 0.146 e. The quantitative estimate of drug-likeness (QED) is 0.666. The molecule has 2 rings (SSSR count). The van der Waals surface area contributed by atoms with Gasteiger partial charge >= 0.3 is 0 Å². The minimum absolute atomic E-state index is 0.742. The van der Waals surface area contributed by atoms with Crippen LogP contribution >= 0.6 is 0 Å². The third kappa shape index (κ3) is 1.57. The average Bonchev–Trinajstić information content (AvgIpc) is 2.73. The Labute approximate surface area is 65.6 Å². The summed E-state index contributed by atoms with van der Waals surface area (Å²) in [4.78, 5) is 0. The van der Waals surface area contributed by atoms with E-state index in [0.717, 1.165) is 18.4 Å². The second-order valence-corrected chi connectivity index (χ2v) is 3.01. The molecule has 1 aromatic heterocycles. The minimum Gasteiger partial charge on any atom is -0.320 e. The van der Waals surface area contributed by atoms with Crippen molar-refractivity contribution in [2.24, 2.45) is 7.05 Å². The van der Waals surface area contributed by atoms with Crippen LogP contribution in [0.4, 0.5) is 0 Å². The van der Waals surface area contributed by atoms with Crippen LogP contribution in [0.25, 0.3) is 0 Å². The number of rotatable bonds is 3. The van der Waals surface area contributed by atoms with E-state index >= 15 is 0 Å². The molecular formula is C7H12N4. The van der Waals surface area contributed by atoms with Crippen molar-refractivity contribution in [3.05, 3.63) is 12.2 Å². The van der Waals surface area contributed by atoms with Gasteiger partial charge in [-0.1, -0.05) is 0 Å². The summed E-state index contributed by atoms with van der Waals surface area (Å²) in [6.45, 7) is 0.848. The molecule has 0 aliphatic heterocycles. The van der Waals surface area contributed by atoms with Crippen LogP contribution in [-0.2, 0) is 13.6 Å². The molecule has 0 bridgehead atoms. The van der Waals surface area contributed by atoms with Crippen molar-refractivity contribution in [2.45, 2.75) is 25.4 Å². The lowest BCUT2D eigenvalue weighted by Gasteiger charge is -2.00. The number of aromatic nitrogens is 3. The number of nitrogens with one attached hydrogen (secondary N) is 1. The zero-order valence-corrected chi connectivity index (χ0v) is 6.62. The highest BCUT2D eigenvalue weighted by atomic mass is 15.3. The molecule has 1 aromatic rings. The average molecular weight is 152 g/mol. The Hall–Kier alpha value is -0.900. The summed E-state index contributed by atoms with van der Waals surface area (Å²) in [5, 5.41) is 11.1. The lowest BCUT2D eigenvalue weighted by Crippen LogP contribution is -2.17. The van der Waals surface area contributed by atoms with E-state index in [1.807, 2.05) is 11.6 Å². The van der Waals surface area contributed by atoms with E-state index in [0.29, 0.717) is 0 Å². The summed E-state index contributed by atoms with van der Waals surface area (Å²) < 4.78 is 1.94. The molecule has 60 valence electrons. The molecule has 0 unspecified atom stereocenters. The van der Waals surface area contributed by atoms with Gasteiger partial charge in [0.05, 0.1) is 6.54 Å². The second kappa shape index (κ2) is 2.62. The lowest BCUT2D eigenvalue weighted by atomic mass is 10.5. The monoisotopic (exact) mass is 152 g/mol. The molecule has 1 aliphatic carbocycles. The summed E-state index contributed by atoms with van der Waals surface area (Å²) in [5.41, 5.74) is 0. The van der Waals surface area contributed by atoms with Crippen molar-refractivity contribution in [2.75, 3.05) is 0 Å². The Balaban J connectivity index is 1.89. The normalized spacial score (nSPS) is 17.2. The first-order valence-electron chi connectivity index (χ1n) is 3.92. The minimum atomic E-state index is 0.742. The van der Waals surface area contributed by atoms with Crippen LogP contribution in [0.2, 0.25) is 0 Å². The lowest BCUT2D eigenvalue weighted by molar-refractivity contribution is 0.633. The Morgan fingerprint density at radius 2 is 2.55 bits per heavy atom. The van der Waals surface area contributed by atoms with Crippen LogP contribution in [0.15, 0.2) is 6.33 Å². The zero-order valence-electron chi connectivity index (χ0n) is 6.62. The highest BCUT2D eigenvalue weighted by molar-refractivity contribution is 4.88. The molecule has 0 spiro atoms. The van der Waals surface area contributed by atoms with Gasteiger partial charge in [-0.3, -0.25) is 0 Å². The molecule has 11 heavy (non-hydrogen) atoms. The predicted molar refractivity (Wildman–Crippen MR) is 40.9 cm³/mol. The Morgan fingerprint density at radius 3 is 3.09 bits per heavy atom. The first-order valence-corrected chi connectivity index (χ1v) is 3.92. The second-order valence-electron chi connectivity index (χ2n) is 3.01. The van der Waals surface area contributed by atoms with E-state index in [4.69, 9.17) is 0 Å². The summed E-state index contributed by atoms with van der Waals surface area (Å²) >= 11 is 0. The third-order valence-electron chi connectivity index (χ3n) is 1.93. The van der Waals surface area contributed by atoms with E-state index in [1.165, 1.54) is 12.8 Å². The van der Waals surface area contributed by atoms with Gasteiger partial charge in [0.1, 0.15) is 12.2 Å². The van der Waals surface area contributed by atoms with Crippen LogP contribution in [0.3, 0.4) is 0 Å². The van der Waals surface area contributed by atoms with Gasteiger partial charge in [-0.25, -0.2) is 0 Å². The number of hydrogen-bond donors (Lipinski definition) is 1. The van der Waals surface area contributed by atoms with Crippen molar-refractivity contribution in [3.8, 4) is 0 Å². The van der Waals surface area contributed by atoms with Crippen molar-refractivity contribution in [1.29, 1.82) is 0 Å². The fourth-order valence-corrected chi connectivity index (χ4v) is 0.990. The van der Waals surface area contributed by atoms with Gasteiger partial charge in [-0.05, 0) is 12.8 Å². The van der Waals surface area contributed by atoms with Crippen molar-refractivity contribution >= 4 is 0 Å². The van der Waals surface area contributed by atoms with Gasteiger partial charge in [0.15, 0.2) is 0 Å². The number of nitrogens with zero attached hydrogens (tertiary/aromatic N) is 3. The van der Waals surface area contributed by atoms with Crippen molar-refractivity contribution in [3.63, 3.8) is 0 Å². The highest BCUT2D eigenvalue weighted by Gasteiger charge is 2.20. The summed E-state index contributed by atoms with van der Waals surface area (Å²) in [5.74, 6) is 1.01. The van der Waals surface area contributed by atoms with Crippen LogP contribution in [0, 0.1) is 0 Å². The molecule has 0 atom stereocenters. The Bertz CT molecular complexity index is 238. The fraction of sp³-hybridized carbons (Fsp3) is 0.714. The van der Waals surface area contributed by atoms with Gasteiger partial charge in [0, 0.05) is 13.1 Å². The van der Waals surface area contributed by atoms with Crippen LogP contribution < -0.4 is 5.32 Å². The molecule has 1 saturated carbocycles. The Kier molecular flexibility index (Phi) is 1.62. The summed E-state index contributed by atoms with van der Waals surface area (Å²) in [7, 11) is 1.96. The van der Waals surface area contributed by atoms with Crippen LogP contribution in [0.1, 0.15) is 18.7 Å². The van der Waals surface area contributed by atoms with E-state index in [9.17, 15) is 0 Å². The first-order chi connectivity index (χ1) is 5.36. The number of aryl methyl sites for hydroxylation is 1. The molecule has 0 aromatic carbocycles. The summed E-state index contributed by atoms with van der Waals surface area (Å²) in [6, 6.07) is 0.742. The molecule has 1 N–H and O–H groups in total. The van der Waals surface area contributed by atoms with E-state index in [2.05, 4.69) is 15.5 Å². The van der Waals surface area contributed by atoms with Crippen LogP contribution in [-0.4, -0.2) is 20.8 Å². The molecule has 4 nitrogen and oxygen atoms in total. The Morgan fingerprint density at radius 1 is 1.73 bits per heavy atom. The van der Waals surface area contributed by atoms with E-state index < -0.39 is 0 Å². The van der Waals surface area contributed by atoms with Gasteiger partial charge < -0.3 is 9.88 Å². The highest BCUT2D eigenvalue weighted by Crippen LogP contribution is 2.18. The fourth-order valence-electron chi connectivity index (χ4n) is 0.990. The number of hydrogen-bond acceptors (Lipinski definition) is 3. The SMILES string of the molecule is Cn1cnnc1CNC1CC1. The van der Waals surface area contributed by atoms with E-state index in [-0.39, 0.29) is 0 Å². The molecule has 1 fully saturated rings. The standard InChI is InChI=1S/C7H12N4/c1-11-5-9-10-7(11)4-8-6-2-3-6/h5-6,8H,2-4H2,1H3. The van der Waals surface area contributed by atoms with Gasteiger partial charge in [0.25, 0.3) is 0 Å². The third-order valence-corrected chi connectivity index (χ3v) is 1.93.